The second-order valence-corrected chi connectivity index (χ2v) is 5.99. The maximum Gasteiger partial charge on any atom is 0.143 e. The van der Waals surface area contributed by atoms with Gasteiger partial charge in [-0.3, -0.25) is 4.79 Å². The number of benzene rings is 2. The summed E-state index contributed by atoms with van der Waals surface area (Å²) in [6.07, 6.45) is 4.34. The highest BCUT2D eigenvalue weighted by Gasteiger charge is 2.37. The van der Waals surface area contributed by atoms with Crippen LogP contribution < -0.4 is 0 Å². The van der Waals surface area contributed by atoms with Gasteiger partial charge in [0.2, 0.25) is 0 Å². The summed E-state index contributed by atoms with van der Waals surface area (Å²) >= 11 is 0. The van der Waals surface area contributed by atoms with Crippen LogP contribution in [0.3, 0.4) is 0 Å². The summed E-state index contributed by atoms with van der Waals surface area (Å²) in [5, 5.41) is 0. The van der Waals surface area contributed by atoms with E-state index >= 15 is 0 Å². The fourth-order valence-corrected chi connectivity index (χ4v) is 3.17. The number of carbonyl (C=O) groups is 1. The molecule has 0 heterocycles. The highest BCUT2D eigenvalue weighted by molar-refractivity contribution is 5.90. The van der Waals surface area contributed by atoms with Crippen molar-refractivity contribution in [2.75, 3.05) is 0 Å². The Kier molecular flexibility index (Phi) is 5.94. The molecule has 2 aromatic rings. The number of rotatable bonds is 8. The average molecular weight is 294 g/mol. The van der Waals surface area contributed by atoms with E-state index in [1.807, 2.05) is 24.3 Å². The predicted octanol–water partition coefficient (Wildman–Crippen LogP) is 5.34. The Morgan fingerprint density at radius 2 is 1.50 bits per heavy atom. The summed E-state index contributed by atoms with van der Waals surface area (Å²) < 4.78 is 0. The largest absolute Gasteiger partial charge is 0.299 e. The predicted molar refractivity (Wildman–Crippen MR) is 93.1 cm³/mol. The maximum atomic E-state index is 13.1. The Labute approximate surface area is 134 Å². The van der Waals surface area contributed by atoms with Gasteiger partial charge in [0.15, 0.2) is 0 Å². The fourth-order valence-electron chi connectivity index (χ4n) is 3.17. The Morgan fingerprint density at radius 1 is 0.909 bits per heavy atom. The summed E-state index contributed by atoms with van der Waals surface area (Å²) in [5.41, 5.74) is 2.00. The minimum absolute atomic E-state index is 0.381. The molecule has 0 spiro atoms. The van der Waals surface area contributed by atoms with Gasteiger partial charge >= 0.3 is 0 Å². The van der Waals surface area contributed by atoms with Gasteiger partial charge in [-0.1, -0.05) is 80.9 Å². The van der Waals surface area contributed by atoms with Crippen LogP contribution in [0.15, 0.2) is 60.7 Å². The molecule has 0 aliphatic rings. The SMILES string of the molecule is CCCCC(=O)C(CC)(Cc1ccccc1)c1ccccc1. The Hall–Kier alpha value is -1.89. The van der Waals surface area contributed by atoms with Crippen LogP contribution in [-0.2, 0) is 16.6 Å². The summed E-state index contributed by atoms with van der Waals surface area (Å²) in [6, 6.07) is 20.7. The molecule has 1 atom stereocenters. The van der Waals surface area contributed by atoms with Crippen molar-refractivity contribution >= 4 is 5.78 Å². The number of hydrogen-bond acceptors (Lipinski definition) is 1. The van der Waals surface area contributed by atoms with E-state index in [-0.39, 0.29) is 0 Å². The van der Waals surface area contributed by atoms with Crippen LogP contribution in [0.2, 0.25) is 0 Å². The van der Waals surface area contributed by atoms with Gasteiger partial charge in [-0.2, -0.15) is 0 Å². The van der Waals surface area contributed by atoms with Crippen LogP contribution in [0, 0.1) is 0 Å². The fraction of sp³-hybridized carbons (Fsp3) is 0.381. The van der Waals surface area contributed by atoms with Crippen LogP contribution in [-0.4, -0.2) is 5.78 Å². The number of carbonyl (C=O) groups excluding carboxylic acids is 1. The third kappa shape index (κ3) is 3.65. The highest BCUT2D eigenvalue weighted by atomic mass is 16.1. The van der Waals surface area contributed by atoms with E-state index < -0.39 is 5.41 Å². The molecule has 0 aliphatic heterocycles. The van der Waals surface area contributed by atoms with Crippen LogP contribution in [0.4, 0.5) is 0 Å². The third-order valence-electron chi connectivity index (χ3n) is 4.57. The van der Waals surface area contributed by atoms with Gasteiger partial charge in [-0.15, -0.1) is 0 Å². The molecule has 0 bridgehead atoms. The molecular formula is C21H26O. The molecule has 22 heavy (non-hydrogen) atoms. The average Bonchev–Trinajstić information content (AvgIpc) is 2.59. The zero-order chi connectivity index (χ0) is 15.8. The first-order valence-electron chi connectivity index (χ1n) is 8.35. The van der Waals surface area contributed by atoms with Gasteiger partial charge in [0.25, 0.3) is 0 Å². The number of hydrogen-bond donors (Lipinski definition) is 0. The number of unbranched alkanes of at least 4 members (excludes halogenated alkanes) is 1. The van der Waals surface area contributed by atoms with Crippen molar-refractivity contribution < 1.29 is 4.79 Å². The van der Waals surface area contributed by atoms with Gasteiger partial charge < -0.3 is 0 Å². The summed E-state index contributed by atoms with van der Waals surface area (Å²) in [5.74, 6) is 0.381. The van der Waals surface area contributed by atoms with Crippen LogP contribution in [0.5, 0.6) is 0 Å². The van der Waals surface area contributed by atoms with E-state index in [1.165, 1.54) is 5.56 Å². The summed E-state index contributed by atoms with van der Waals surface area (Å²) in [7, 11) is 0. The lowest BCUT2D eigenvalue weighted by Crippen LogP contribution is -2.37. The first-order chi connectivity index (χ1) is 10.7. The Balaban J connectivity index is 2.40. The number of Topliss-reactive ketones (excluding diaryl/α,β-unsaturated/α-hetero) is 1. The normalized spacial score (nSPS) is 13.5. The third-order valence-corrected chi connectivity index (χ3v) is 4.57. The molecule has 0 aliphatic carbocycles. The van der Waals surface area contributed by atoms with Crippen molar-refractivity contribution in [3.8, 4) is 0 Å². The second kappa shape index (κ2) is 7.93. The van der Waals surface area contributed by atoms with Crippen LogP contribution in [0.1, 0.15) is 50.7 Å². The molecular weight excluding hydrogens is 268 g/mol. The molecule has 0 fully saturated rings. The molecule has 2 rings (SSSR count). The molecule has 0 amide bonds. The first-order valence-corrected chi connectivity index (χ1v) is 8.35. The Bertz CT molecular complexity index is 573. The molecule has 0 radical (unpaired) electrons. The molecule has 116 valence electrons. The van der Waals surface area contributed by atoms with E-state index in [9.17, 15) is 4.79 Å². The van der Waals surface area contributed by atoms with Gasteiger partial charge in [0.05, 0.1) is 5.41 Å². The van der Waals surface area contributed by atoms with Crippen molar-refractivity contribution in [3.63, 3.8) is 0 Å². The van der Waals surface area contributed by atoms with Gasteiger partial charge in [-0.05, 0) is 30.4 Å². The summed E-state index contributed by atoms with van der Waals surface area (Å²) in [6.45, 7) is 4.28. The van der Waals surface area contributed by atoms with Crippen molar-refractivity contribution in [2.24, 2.45) is 0 Å². The van der Waals surface area contributed by atoms with Gasteiger partial charge in [0, 0.05) is 6.42 Å². The molecule has 0 saturated carbocycles. The van der Waals surface area contributed by atoms with Crippen molar-refractivity contribution in [2.45, 2.75) is 51.4 Å². The molecule has 0 aromatic heterocycles. The standard InChI is InChI=1S/C21H26O/c1-3-5-16-20(22)21(4-2,19-14-10-7-11-15-19)17-18-12-8-6-9-13-18/h6-15H,3-5,16-17H2,1-2H3. The molecule has 1 unspecified atom stereocenters. The minimum atomic E-state index is -0.391. The second-order valence-electron chi connectivity index (χ2n) is 5.99. The zero-order valence-corrected chi connectivity index (χ0v) is 13.7. The van der Waals surface area contributed by atoms with Crippen molar-refractivity contribution in [1.82, 2.24) is 0 Å². The van der Waals surface area contributed by atoms with E-state index in [2.05, 4.69) is 50.2 Å². The zero-order valence-electron chi connectivity index (χ0n) is 13.7. The minimum Gasteiger partial charge on any atom is -0.299 e. The topological polar surface area (TPSA) is 17.1 Å². The van der Waals surface area contributed by atoms with Crippen molar-refractivity contribution in [1.29, 1.82) is 0 Å². The molecule has 0 saturated heterocycles. The van der Waals surface area contributed by atoms with E-state index in [4.69, 9.17) is 0 Å². The monoisotopic (exact) mass is 294 g/mol. The molecule has 1 heteroatoms. The molecule has 0 N–H and O–H groups in total. The lowest BCUT2D eigenvalue weighted by Gasteiger charge is -2.32. The lowest BCUT2D eigenvalue weighted by atomic mass is 9.69. The number of ketones is 1. The van der Waals surface area contributed by atoms with E-state index in [0.717, 1.165) is 31.2 Å². The summed E-state index contributed by atoms with van der Waals surface area (Å²) in [4.78, 5) is 13.1. The Morgan fingerprint density at radius 3 is 2.05 bits per heavy atom. The maximum absolute atomic E-state index is 13.1. The highest BCUT2D eigenvalue weighted by Crippen LogP contribution is 2.34. The molecule has 2 aromatic carbocycles. The van der Waals surface area contributed by atoms with Crippen LogP contribution in [0.25, 0.3) is 0 Å². The van der Waals surface area contributed by atoms with E-state index in [1.54, 1.807) is 0 Å². The first kappa shape index (κ1) is 16.5. The van der Waals surface area contributed by atoms with Crippen molar-refractivity contribution in [3.05, 3.63) is 71.8 Å². The van der Waals surface area contributed by atoms with E-state index in [0.29, 0.717) is 12.2 Å². The van der Waals surface area contributed by atoms with Gasteiger partial charge in [0.1, 0.15) is 5.78 Å². The molecule has 1 nitrogen and oxygen atoms in total. The van der Waals surface area contributed by atoms with Gasteiger partial charge in [-0.25, -0.2) is 0 Å². The smallest absolute Gasteiger partial charge is 0.143 e. The quantitative estimate of drug-likeness (QED) is 0.642. The lowest BCUT2D eigenvalue weighted by molar-refractivity contribution is -0.125. The van der Waals surface area contributed by atoms with Crippen LogP contribution >= 0.6 is 0 Å².